The maximum Gasteiger partial charge on any atom is 0.407 e. The number of aliphatic hydroxyl groups is 2. The molecule has 25 heavy (non-hydrogen) atoms. The second-order valence-electron chi connectivity index (χ2n) is 7.63. The number of benzene rings is 1. The maximum atomic E-state index is 12.2. The van der Waals surface area contributed by atoms with Crippen molar-refractivity contribution in [3.05, 3.63) is 35.9 Å². The van der Waals surface area contributed by atoms with Crippen LogP contribution in [0, 0.1) is 0 Å². The van der Waals surface area contributed by atoms with Crippen molar-refractivity contribution < 1.29 is 19.7 Å². The fourth-order valence-electron chi connectivity index (χ4n) is 3.06. The van der Waals surface area contributed by atoms with Gasteiger partial charge in [-0.25, -0.2) is 4.79 Å². The van der Waals surface area contributed by atoms with E-state index in [1.54, 1.807) is 20.8 Å². The third-order valence-electron chi connectivity index (χ3n) is 4.27. The third kappa shape index (κ3) is 6.30. The van der Waals surface area contributed by atoms with Gasteiger partial charge in [-0.2, -0.15) is 0 Å². The lowest BCUT2D eigenvalue weighted by atomic mass is 9.93. The summed E-state index contributed by atoms with van der Waals surface area (Å²) in [5.41, 5.74) is 0.340. The molecule has 1 amide bonds. The van der Waals surface area contributed by atoms with Crippen molar-refractivity contribution in [2.75, 3.05) is 6.54 Å². The molecule has 0 aliphatic carbocycles. The van der Waals surface area contributed by atoms with E-state index in [2.05, 4.69) is 10.6 Å². The number of hydrogen-bond donors (Lipinski definition) is 4. The molecule has 6 nitrogen and oxygen atoms in total. The number of amides is 1. The molecule has 0 aromatic heterocycles. The van der Waals surface area contributed by atoms with Crippen molar-refractivity contribution in [1.82, 2.24) is 10.6 Å². The van der Waals surface area contributed by atoms with E-state index in [0.717, 1.165) is 24.9 Å². The molecule has 1 aromatic carbocycles. The molecule has 1 aromatic rings. The SMILES string of the molecule is CC(C)(C)OC(=O)N[C@@H](Cc1ccccc1)[C@@H](O)[C@H](O)[C@@H]1CCCN1. The first-order chi connectivity index (χ1) is 11.8. The number of rotatable bonds is 6. The summed E-state index contributed by atoms with van der Waals surface area (Å²) in [6, 6.07) is 8.77. The van der Waals surface area contributed by atoms with Gasteiger partial charge < -0.3 is 25.6 Å². The molecular formula is C19H30N2O4. The van der Waals surface area contributed by atoms with Crippen LogP contribution in [0.2, 0.25) is 0 Å². The fourth-order valence-corrected chi connectivity index (χ4v) is 3.06. The minimum absolute atomic E-state index is 0.159. The molecule has 0 bridgehead atoms. The van der Waals surface area contributed by atoms with Crippen LogP contribution in [0.3, 0.4) is 0 Å². The Morgan fingerprint density at radius 1 is 1.32 bits per heavy atom. The van der Waals surface area contributed by atoms with Crippen LogP contribution in [0.25, 0.3) is 0 Å². The smallest absolute Gasteiger partial charge is 0.407 e. The lowest BCUT2D eigenvalue weighted by Gasteiger charge is -2.31. The highest BCUT2D eigenvalue weighted by molar-refractivity contribution is 5.68. The molecule has 0 unspecified atom stereocenters. The molecule has 0 radical (unpaired) electrons. The summed E-state index contributed by atoms with van der Waals surface area (Å²) < 4.78 is 5.30. The minimum atomic E-state index is -1.09. The first-order valence-corrected chi connectivity index (χ1v) is 8.89. The van der Waals surface area contributed by atoms with E-state index in [9.17, 15) is 15.0 Å². The van der Waals surface area contributed by atoms with E-state index in [1.165, 1.54) is 0 Å². The van der Waals surface area contributed by atoms with E-state index < -0.39 is 29.9 Å². The Labute approximate surface area is 149 Å². The predicted molar refractivity (Wildman–Crippen MR) is 96.3 cm³/mol. The van der Waals surface area contributed by atoms with Gasteiger partial charge >= 0.3 is 6.09 Å². The molecular weight excluding hydrogens is 320 g/mol. The molecule has 4 N–H and O–H groups in total. The van der Waals surface area contributed by atoms with E-state index in [1.807, 2.05) is 30.3 Å². The fraction of sp³-hybridized carbons (Fsp3) is 0.632. The van der Waals surface area contributed by atoms with Gasteiger partial charge in [0.05, 0.1) is 12.1 Å². The molecule has 1 fully saturated rings. The first-order valence-electron chi connectivity index (χ1n) is 8.89. The molecule has 1 aliphatic rings. The van der Waals surface area contributed by atoms with Crippen LogP contribution in [0.4, 0.5) is 4.79 Å². The Kier molecular flexibility index (Phi) is 6.81. The topological polar surface area (TPSA) is 90.8 Å². The van der Waals surface area contributed by atoms with E-state index >= 15 is 0 Å². The highest BCUT2D eigenvalue weighted by atomic mass is 16.6. The van der Waals surface area contributed by atoms with Gasteiger partial charge in [-0.3, -0.25) is 0 Å². The van der Waals surface area contributed by atoms with Crippen molar-refractivity contribution in [2.24, 2.45) is 0 Å². The number of ether oxygens (including phenoxy) is 1. The van der Waals surface area contributed by atoms with Crippen LogP contribution in [-0.2, 0) is 11.2 Å². The van der Waals surface area contributed by atoms with Crippen LogP contribution >= 0.6 is 0 Å². The molecule has 1 aliphatic heterocycles. The predicted octanol–water partition coefficient (Wildman–Crippen LogP) is 1.60. The summed E-state index contributed by atoms with van der Waals surface area (Å²) in [5, 5.41) is 27.1. The molecule has 4 atom stereocenters. The summed E-state index contributed by atoms with van der Waals surface area (Å²) >= 11 is 0. The quantitative estimate of drug-likeness (QED) is 0.626. The number of alkyl carbamates (subject to hydrolysis) is 1. The van der Waals surface area contributed by atoms with Gasteiger partial charge in [0.25, 0.3) is 0 Å². The van der Waals surface area contributed by atoms with Gasteiger partial charge in [-0.05, 0) is 52.1 Å². The lowest BCUT2D eigenvalue weighted by molar-refractivity contribution is -0.0237. The summed E-state index contributed by atoms with van der Waals surface area (Å²) in [6.07, 6.45) is -0.459. The molecule has 140 valence electrons. The number of carbonyl (C=O) groups excluding carboxylic acids is 1. The van der Waals surface area contributed by atoms with Crippen LogP contribution in [-0.4, -0.2) is 52.7 Å². The summed E-state index contributed by atoms with van der Waals surface area (Å²) in [4.78, 5) is 12.2. The Bertz CT molecular complexity index is 538. The summed E-state index contributed by atoms with van der Waals surface area (Å²) in [7, 11) is 0. The number of aliphatic hydroxyl groups excluding tert-OH is 2. The van der Waals surface area contributed by atoms with Crippen molar-refractivity contribution in [3.8, 4) is 0 Å². The van der Waals surface area contributed by atoms with Crippen LogP contribution in [0.15, 0.2) is 30.3 Å². The summed E-state index contributed by atoms with van der Waals surface area (Å²) in [5.74, 6) is 0. The molecule has 2 rings (SSSR count). The van der Waals surface area contributed by atoms with Crippen LogP contribution < -0.4 is 10.6 Å². The zero-order chi connectivity index (χ0) is 18.4. The highest BCUT2D eigenvalue weighted by Crippen LogP contribution is 2.17. The maximum absolute atomic E-state index is 12.2. The number of nitrogens with one attached hydrogen (secondary N) is 2. The van der Waals surface area contributed by atoms with Gasteiger partial charge in [0.1, 0.15) is 11.7 Å². The lowest BCUT2D eigenvalue weighted by Crippen LogP contribution is -2.55. The second-order valence-corrected chi connectivity index (χ2v) is 7.63. The minimum Gasteiger partial charge on any atom is -0.444 e. The number of carbonyl (C=O) groups is 1. The van der Waals surface area contributed by atoms with E-state index in [4.69, 9.17) is 4.74 Å². The van der Waals surface area contributed by atoms with Gasteiger partial charge in [0.2, 0.25) is 0 Å². The highest BCUT2D eigenvalue weighted by Gasteiger charge is 2.35. The van der Waals surface area contributed by atoms with Crippen molar-refractivity contribution >= 4 is 6.09 Å². The van der Waals surface area contributed by atoms with Gasteiger partial charge in [-0.1, -0.05) is 30.3 Å². The normalized spacial score (nSPS) is 21.4. The Morgan fingerprint density at radius 2 is 2.00 bits per heavy atom. The largest absolute Gasteiger partial charge is 0.444 e. The zero-order valence-corrected chi connectivity index (χ0v) is 15.2. The van der Waals surface area contributed by atoms with E-state index in [-0.39, 0.29) is 6.04 Å². The Balaban J connectivity index is 2.08. The van der Waals surface area contributed by atoms with Crippen LogP contribution in [0.5, 0.6) is 0 Å². The third-order valence-corrected chi connectivity index (χ3v) is 4.27. The average Bonchev–Trinajstić information content (AvgIpc) is 3.06. The van der Waals surface area contributed by atoms with Gasteiger partial charge in [0, 0.05) is 6.04 Å². The molecule has 0 saturated carbocycles. The molecule has 1 heterocycles. The standard InChI is InChI=1S/C19H30N2O4/c1-19(2,3)25-18(24)21-15(12-13-8-5-4-6-9-13)17(23)16(22)14-10-7-11-20-14/h4-6,8-9,14-17,20,22-23H,7,10-12H2,1-3H3,(H,21,24)/t14-,15-,16+,17+/m0/s1. The van der Waals surface area contributed by atoms with Crippen molar-refractivity contribution in [2.45, 2.75) is 69.9 Å². The van der Waals surface area contributed by atoms with Crippen molar-refractivity contribution in [3.63, 3.8) is 0 Å². The van der Waals surface area contributed by atoms with Crippen LogP contribution in [0.1, 0.15) is 39.2 Å². The molecule has 1 saturated heterocycles. The second kappa shape index (κ2) is 8.65. The number of hydrogen-bond acceptors (Lipinski definition) is 5. The zero-order valence-electron chi connectivity index (χ0n) is 15.2. The molecule has 0 spiro atoms. The summed E-state index contributed by atoms with van der Waals surface area (Å²) in [6.45, 7) is 6.18. The van der Waals surface area contributed by atoms with Crippen molar-refractivity contribution in [1.29, 1.82) is 0 Å². The Morgan fingerprint density at radius 3 is 2.56 bits per heavy atom. The van der Waals surface area contributed by atoms with Gasteiger partial charge in [0.15, 0.2) is 0 Å². The molecule has 6 heteroatoms. The average molecular weight is 350 g/mol. The van der Waals surface area contributed by atoms with E-state index in [0.29, 0.717) is 6.42 Å². The monoisotopic (exact) mass is 350 g/mol. The Hall–Kier alpha value is -1.63. The first kappa shape index (κ1) is 19.7. The van der Waals surface area contributed by atoms with Gasteiger partial charge in [-0.15, -0.1) is 0 Å².